The Hall–Kier alpha value is -4.09. The lowest BCUT2D eigenvalue weighted by atomic mass is 10.1. The van der Waals surface area contributed by atoms with Gasteiger partial charge in [0.05, 0.1) is 30.8 Å². The molecule has 0 bridgehead atoms. The van der Waals surface area contributed by atoms with Gasteiger partial charge in [-0.15, -0.1) is 0 Å². The highest BCUT2D eigenvalue weighted by atomic mass is 16.5. The van der Waals surface area contributed by atoms with E-state index in [1.807, 2.05) is 41.3 Å². The first-order chi connectivity index (χ1) is 17.7. The van der Waals surface area contributed by atoms with Crippen molar-refractivity contribution in [3.63, 3.8) is 0 Å². The zero-order chi connectivity index (χ0) is 24.5. The quantitative estimate of drug-likeness (QED) is 0.374. The molecule has 5 aromatic rings. The second-order valence-corrected chi connectivity index (χ2v) is 8.81. The molecule has 1 aliphatic heterocycles. The molecule has 1 saturated heterocycles. The summed E-state index contributed by atoms with van der Waals surface area (Å²) in [5, 5.41) is 23.1. The Labute approximate surface area is 207 Å². The predicted octanol–water partition coefficient (Wildman–Crippen LogP) is 2.37. The average molecular weight is 486 g/mol. The highest BCUT2D eigenvalue weighted by Gasteiger charge is 2.21. The highest BCUT2D eigenvalue weighted by molar-refractivity contribution is 5.65. The first kappa shape index (κ1) is 22.4. The fraction of sp³-hybridized carbons (Fsp3) is 0.320. The summed E-state index contributed by atoms with van der Waals surface area (Å²) in [5.41, 5.74) is 5.40. The van der Waals surface area contributed by atoms with Gasteiger partial charge in [0, 0.05) is 55.8 Å². The largest absolute Gasteiger partial charge is 0.396 e. The Kier molecular flexibility index (Phi) is 5.91. The monoisotopic (exact) mass is 485 g/mol. The van der Waals surface area contributed by atoms with Gasteiger partial charge in [0.15, 0.2) is 5.65 Å². The second-order valence-electron chi connectivity index (χ2n) is 8.81. The maximum Gasteiger partial charge on any atom is 0.255 e. The van der Waals surface area contributed by atoms with E-state index in [-0.39, 0.29) is 6.61 Å². The van der Waals surface area contributed by atoms with Gasteiger partial charge in [0.1, 0.15) is 0 Å². The average Bonchev–Trinajstić information content (AvgIpc) is 3.67. The molecule has 4 aromatic heterocycles. The van der Waals surface area contributed by atoms with Crippen molar-refractivity contribution in [2.45, 2.75) is 19.9 Å². The molecule has 6 rings (SSSR count). The minimum atomic E-state index is 0.129. The Morgan fingerprint density at radius 1 is 1.00 bits per heavy atom. The number of benzene rings is 1. The van der Waals surface area contributed by atoms with Crippen LogP contribution in [0.1, 0.15) is 12.0 Å². The van der Waals surface area contributed by atoms with E-state index in [0.717, 1.165) is 22.5 Å². The number of aliphatic hydroxyl groups is 1. The molecule has 11 heteroatoms. The lowest BCUT2D eigenvalue weighted by molar-refractivity contribution is 0.121. The van der Waals surface area contributed by atoms with Crippen LogP contribution in [0.15, 0.2) is 55.0 Å². The van der Waals surface area contributed by atoms with Crippen LogP contribution in [0.3, 0.4) is 0 Å². The fourth-order valence-corrected chi connectivity index (χ4v) is 4.32. The summed E-state index contributed by atoms with van der Waals surface area (Å²) in [6.45, 7) is 5.54. The van der Waals surface area contributed by atoms with Gasteiger partial charge in [-0.05, 0) is 25.5 Å². The van der Waals surface area contributed by atoms with Crippen LogP contribution in [-0.4, -0.2) is 77.2 Å². The van der Waals surface area contributed by atoms with Gasteiger partial charge in [-0.2, -0.15) is 29.8 Å². The molecule has 0 spiro atoms. The summed E-state index contributed by atoms with van der Waals surface area (Å²) in [6.07, 6.45) is 6.25. The number of aryl methyl sites for hydroxylation is 2. The van der Waals surface area contributed by atoms with Gasteiger partial charge < -0.3 is 14.7 Å². The smallest absolute Gasteiger partial charge is 0.255 e. The maximum atomic E-state index is 9.11. The van der Waals surface area contributed by atoms with E-state index >= 15 is 0 Å². The summed E-state index contributed by atoms with van der Waals surface area (Å²) in [7, 11) is 0. The van der Waals surface area contributed by atoms with E-state index in [1.54, 1.807) is 15.4 Å². The second kappa shape index (κ2) is 9.51. The number of hydrogen-bond donors (Lipinski definition) is 1. The minimum absolute atomic E-state index is 0.129. The van der Waals surface area contributed by atoms with Gasteiger partial charge in [-0.1, -0.05) is 23.8 Å². The van der Waals surface area contributed by atoms with Crippen molar-refractivity contribution in [3.05, 3.63) is 60.6 Å². The van der Waals surface area contributed by atoms with Crippen LogP contribution in [0, 0.1) is 6.92 Å². The van der Waals surface area contributed by atoms with Crippen molar-refractivity contribution in [3.8, 4) is 28.5 Å². The molecule has 0 atom stereocenters. The molecule has 1 aromatic carbocycles. The number of nitrogens with zero attached hydrogens (tertiary/aromatic N) is 9. The molecular weight excluding hydrogens is 458 g/mol. The van der Waals surface area contributed by atoms with E-state index in [4.69, 9.17) is 30.0 Å². The Morgan fingerprint density at radius 2 is 1.89 bits per heavy atom. The van der Waals surface area contributed by atoms with Crippen molar-refractivity contribution in [1.29, 1.82) is 0 Å². The van der Waals surface area contributed by atoms with E-state index in [1.165, 1.54) is 5.56 Å². The zero-order valence-corrected chi connectivity index (χ0v) is 20.0. The number of ether oxygens (including phenoxy) is 1. The molecule has 36 heavy (non-hydrogen) atoms. The molecule has 0 unspecified atom stereocenters. The van der Waals surface area contributed by atoms with E-state index in [2.05, 4.69) is 29.1 Å². The third kappa shape index (κ3) is 4.34. The minimum Gasteiger partial charge on any atom is -0.396 e. The van der Waals surface area contributed by atoms with Crippen LogP contribution in [0.25, 0.3) is 34.1 Å². The van der Waals surface area contributed by atoms with Gasteiger partial charge >= 0.3 is 0 Å². The van der Waals surface area contributed by atoms with Crippen LogP contribution in [-0.2, 0) is 11.3 Å². The van der Waals surface area contributed by atoms with Gasteiger partial charge in [0.25, 0.3) is 5.95 Å². The molecule has 0 radical (unpaired) electrons. The van der Waals surface area contributed by atoms with Crippen molar-refractivity contribution < 1.29 is 9.84 Å². The van der Waals surface area contributed by atoms with E-state index < -0.39 is 0 Å². The molecule has 184 valence electrons. The Bertz CT molecular complexity index is 1500. The summed E-state index contributed by atoms with van der Waals surface area (Å²) < 4.78 is 10.9. The molecule has 0 saturated carbocycles. The predicted molar refractivity (Wildman–Crippen MR) is 134 cm³/mol. The number of hydrogen-bond acceptors (Lipinski definition) is 8. The van der Waals surface area contributed by atoms with Gasteiger partial charge in [0.2, 0.25) is 5.95 Å². The first-order valence-electron chi connectivity index (χ1n) is 12.1. The molecule has 0 amide bonds. The van der Waals surface area contributed by atoms with Crippen molar-refractivity contribution in [2.24, 2.45) is 0 Å². The summed E-state index contributed by atoms with van der Waals surface area (Å²) in [5.74, 6) is 1.18. The lowest BCUT2D eigenvalue weighted by Crippen LogP contribution is -2.38. The highest BCUT2D eigenvalue weighted by Crippen LogP contribution is 2.24. The fourth-order valence-electron chi connectivity index (χ4n) is 4.32. The molecule has 1 fully saturated rings. The maximum absolute atomic E-state index is 9.11. The molecule has 0 aliphatic carbocycles. The molecule has 1 N–H and O–H groups in total. The van der Waals surface area contributed by atoms with Crippen LogP contribution in [0.2, 0.25) is 0 Å². The number of rotatable bonds is 7. The zero-order valence-electron chi connectivity index (χ0n) is 20.0. The number of fused-ring (bicyclic) bond motifs is 1. The molecular formula is C25H27N9O2. The molecule has 5 heterocycles. The number of aromatic nitrogens is 8. The van der Waals surface area contributed by atoms with E-state index in [9.17, 15) is 0 Å². The topological polar surface area (TPSA) is 111 Å². The van der Waals surface area contributed by atoms with Crippen LogP contribution in [0.4, 0.5) is 5.95 Å². The van der Waals surface area contributed by atoms with Crippen LogP contribution >= 0.6 is 0 Å². The standard InChI is InChI=1S/C25H27N9O2/c1-18-4-2-5-19(14-18)21-6-8-33(29-21)24-27-23-15-22(20-16-26-32(17-20)7-3-11-35)30-34(23)25(28-24)31-9-12-36-13-10-31/h2,4-6,8,14-17,35H,3,7,9-13H2,1H3. The first-order valence-corrected chi connectivity index (χ1v) is 12.1. The third-order valence-electron chi connectivity index (χ3n) is 6.17. The van der Waals surface area contributed by atoms with Crippen molar-refractivity contribution in [1.82, 2.24) is 39.1 Å². The van der Waals surface area contributed by atoms with Crippen molar-refractivity contribution in [2.75, 3.05) is 37.8 Å². The molecule has 11 nitrogen and oxygen atoms in total. The number of aliphatic hydroxyl groups excluding tert-OH is 1. The van der Waals surface area contributed by atoms with Crippen molar-refractivity contribution >= 4 is 11.6 Å². The number of anilines is 1. The van der Waals surface area contributed by atoms with Crippen LogP contribution in [0.5, 0.6) is 0 Å². The van der Waals surface area contributed by atoms with E-state index in [0.29, 0.717) is 56.8 Å². The Balaban J connectivity index is 1.41. The Morgan fingerprint density at radius 3 is 2.72 bits per heavy atom. The lowest BCUT2D eigenvalue weighted by Gasteiger charge is -2.27. The SMILES string of the molecule is Cc1cccc(-c2ccn(-c3nc(N4CCOCC4)n4nc(-c5cnn(CCCO)c5)cc4n3)n2)c1. The summed E-state index contributed by atoms with van der Waals surface area (Å²) >= 11 is 0. The summed E-state index contributed by atoms with van der Waals surface area (Å²) in [4.78, 5) is 11.8. The number of morpholine rings is 1. The molecule has 1 aliphatic rings. The van der Waals surface area contributed by atoms with Crippen LogP contribution < -0.4 is 4.90 Å². The normalized spacial score (nSPS) is 14.1. The van der Waals surface area contributed by atoms with Gasteiger partial charge in [-0.25, -0.2) is 4.68 Å². The third-order valence-corrected chi connectivity index (χ3v) is 6.17. The van der Waals surface area contributed by atoms with Gasteiger partial charge in [-0.3, -0.25) is 4.68 Å². The summed E-state index contributed by atoms with van der Waals surface area (Å²) in [6, 6.07) is 12.2.